The fourth-order valence-electron chi connectivity index (χ4n) is 1.30. The Morgan fingerprint density at radius 1 is 1.46 bits per heavy atom. The quantitative estimate of drug-likeness (QED) is 0.679. The molecule has 1 amide bonds. The molecule has 74 valence electrons. The van der Waals surface area contributed by atoms with Crippen LogP contribution in [0.15, 0.2) is 0 Å². The summed E-state index contributed by atoms with van der Waals surface area (Å²) < 4.78 is 0. The lowest BCUT2D eigenvalue weighted by molar-refractivity contribution is -0.145. The predicted molar refractivity (Wildman–Crippen MR) is 47.2 cm³/mol. The van der Waals surface area contributed by atoms with Gasteiger partial charge in [0.25, 0.3) is 0 Å². The lowest BCUT2D eigenvalue weighted by atomic mass is 10.0. The summed E-state index contributed by atoms with van der Waals surface area (Å²) in [6.45, 7) is 3.72. The zero-order valence-electron chi connectivity index (χ0n) is 7.96. The van der Waals surface area contributed by atoms with Crippen molar-refractivity contribution in [3.8, 4) is 0 Å². The van der Waals surface area contributed by atoms with Crippen LogP contribution in [0.2, 0.25) is 0 Å². The monoisotopic (exact) mass is 185 g/mol. The fourth-order valence-corrected chi connectivity index (χ4v) is 1.30. The number of hydrogen-bond acceptors (Lipinski definition) is 2. The van der Waals surface area contributed by atoms with Crippen LogP contribution in [0.4, 0.5) is 0 Å². The van der Waals surface area contributed by atoms with Gasteiger partial charge >= 0.3 is 5.97 Å². The van der Waals surface area contributed by atoms with Crippen molar-refractivity contribution in [2.24, 2.45) is 5.41 Å². The van der Waals surface area contributed by atoms with E-state index in [0.29, 0.717) is 12.8 Å². The van der Waals surface area contributed by atoms with Gasteiger partial charge < -0.3 is 10.4 Å². The number of hydrogen-bond donors (Lipinski definition) is 2. The van der Waals surface area contributed by atoms with E-state index < -0.39 is 11.4 Å². The molecule has 0 radical (unpaired) electrons. The molecule has 0 atom stereocenters. The highest BCUT2D eigenvalue weighted by atomic mass is 16.4. The number of carboxylic acids is 1. The minimum atomic E-state index is -0.841. The van der Waals surface area contributed by atoms with Gasteiger partial charge in [0.15, 0.2) is 0 Å². The Balaban J connectivity index is 2.40. The maximum Gasteiger partial charge on any atom is 0.310 e. The van der Waals surface area contributed by atoms with Crippen molar-refractivity contribution in [3.63, 3.8) is 0 Å². The van der Waals surface area contributed by atoms with Crippen molar-refractivity contribution in [2.45, 2.75) is 39.2 Å². The summed E-state index contributed by atoms with van der Waals surface area (Å²) in [4.78, 5) is 22.0. The van der Waals surface area contributed by atoms with Crippen LogP contribution in [0.25, 0.3) is 0 Å². The first kappa shape index (κ1) is 10.0. The second-order valence-corrected chi connectivity index (χ2v) is 3.98. The summed E-state index contributed by atoms with van der Waals surface area (Å²) in [5.74, 6) is -0.999. The Hall–Kier alpha value is -1.06. The molecule has 0 aromatic heterocycles. The molecule has 0 bridgehead atoms. The van der Waals surface area contributed by atoms with Crippen LogP contribution in [-0.2, 0) is 9.59 Å². The Labute approximate surface area is 77.3 Å². The van der Waals surface area contributed by atoms with E-state index in [1.54, 1.807) is 0 Å². The van der Waals surface area contributed by atoms with E-state index in [4.69, 9.17) is 5.11 Å². The molecule has 1 saturated carbocycles. The van der Waals surface area contributed by atoms with Crippen molar-refractivity contribution >= 4 is 11.9 Å². The molecule has 0 aromatic rings. The number of carbonyl (C=O) groups is 2. The minimum absolute atomic E-state index is 0.0806. The molecule has 4 nitrogen and oxygen atoms in total. The fraction of sp³-hybridized carbons (Fsp3) is 0.778. The average molecular weight is 185 g/mol. The number of amides is 1. The van der Waals surface area contributed by atoms with Crippen molar-refractivity contribution in [1.29, 1.82) is 0 Å². The molecule has 0 aliphatic heterocycles. The topological polar surface area (TPSA) is 66.4 Å². The molecular weight excluding hydrogens is 170 g/mol. The summed E-state index contributed by atoms with van der Waals surface area (Å²) >= 11 is 0. The summed E-state index contributed by atoms with van der Waals surface area (Å²) in [5.41, 5.74) is -0.737. The van der Waals surface area contributed by atoms with Crippen molar-refractivity contribution in [2.75, 3.05) is 0 Å². The van der Waals surface area contributed by atoms with Crippen LogP contribution in [-0.4, -0.2) is 23.0 Å². The largest absolute Gasteiger partial charge is 0.481 e. The number of nitrogens with one attached hydrogen (secondary N) is 1. The maximum absolute atomic E-state index is 11.2. The third kappa shape index (κ3) is 2.44. The van der Waals surface area contributed by atoms with Crippen LogP contribution < -0.4 is 5.32 Å². The van der Waals surface area contributed by atoms with Gasteiger partial charge in [0.2, 0.25) is 5.91 Å². The number of aliphatic carboxylic acids is 1. The number of carboxylic acid groups (broad SMARTS) is 1. The standard InChI is InChI=1S/C9H15NO3/c1-6(2)10-7(11)5-9(3-4-9)8(12)13/h6H,3-5H2,1-2H3,(H,10,11)(H,12,13). The SMILES string of the molecule is CC(C)NC(=O)CC1(C(=O)O)CC1. The van der Waals surface area contributed by atoms with Gasteiger partial charge in [-0.1, -0.05) is 0 Å². The predicted octanol–water partition coefficient (Wildman–Crippen LogP) is 0.766. The van der Waals surface area contributed by atoms with E-state index in [9.17, 15) is 9.59 Å². The maximum atomic E-state index is 11.2. The van der Waals surface area contributed by atoms with E-state index in [1.165, 1.54) is 0 Å². The summed E-state index contributed by atoms with van der Waals surface area (Å²) in [7, 11) is 0. The highest BCUT2D eigenvalue weighted by molar-refractivity contribution is 5.87. The second kappa shape index (κ2) is 3.36. The van der Waals surface area contributed by atoms with Gasteiger partial charge in [-0.15, -0.1) is 0 Å². The molecule has 0 saturated heterocycles. The minimum Gasteiger partial charge on any atom is -0.481 e. The normalized spacial score (nSPS) is 18.4. The molecule has 1 aliphatic carbocycles. The number of carbonyl (C=O) groups excluding carboxylic acids is 1. The first-order valence-corrected chi connectivity index (χ1v) is 4.49. The summed E-state index contributed by atoms with van der Waals surface area (Å²) in [5, 5.41) is 11.5. The van der Waals surface area contributed by atoms with Crippen LogP contribution in [0, 0.1) is 5.41 Å². The Kier molecular flexibility index (Phi) is 2.59. The van der Waals surface area contributed by atoms with Crippen molar-refractivity contribution < 1.29 is 14.7 Å². The molecule has 0 heterocycles. The van der Waals surface area contributed by atoms with E-state index in [1.807, 2.05) is 13.8 Å². The zero-order valence-corrected chi connectivity index (χ0v) is 7.96. The molecule has 1 aliphatic rings. The van der Waals surface area contributed by atoms with Crippen LogP contribution in [0.1, 0.15) is 33.1 Å². The molecule has 13 heavy (non-hydrogen) atoms. The first-order valence-electron chi connectivity index (χ1n) is 4.49. The molecular formula is C9H15NO3. The first-order chi connectivity index (χ1) is 5.96. The lowest BCUT2D eigenvalue weighted by Gasteiger charge is -2.11. The molecule has 4 heteroatoms. The van der Waals surface area contributed by atoms with Crippen molar-refractivity contribution in [1.82, 2.24) is 5.32 Å². The van der Waals surface area contributed by atoms with E-state index >= 15 is 0 Å². The molecule has 2 N–H and O–H groups in total. The lowest BCUT2D eigenvalue weighted by Crippen LogP contribution is -2.33. The number of rotatable bonds is 4. The van der Waals surface area contributed by atoms with Gasteiger partial charge in [0, 0.05) is 12.5 Å². The molecule has 1 fully saturated rings. The highest BCUT2D eigenvalue weighted by Gasteiger charge is 2.51. The van der Waals surface area contributed by atoms with Gasteiger partial charge in [-0.3, -0.25) is 9.59 Å². The molecule has 0 aromatic carbocycles. The van der Waals surface area contributed by atoms with Gasteiger partial charge in [-0.25, -0.2) is 0 Å². The van der Waals surface area contributed by atoms with Crippen molar-refractivity contribution in [3.05, 3.63) is 0 Å². The van der Waals surface area contributed by atoms with Gasteiger partial charge in [0.05, 0.1) is 5.41 Å². The third-order valence-corrected chi connectivity index (χ3v) is 2.26. The summed E-state index contributed by atoms with van der Waals surface area (Å²) in [6.07, 6.45) is 1.39. The van der Waals surface area contributed by atoms with E-state index in [-0.39, 0.29) is 18.4 Å². The smallest absolute Gasteiger partial charge is 0.310 e. The van der Waals surface area contributed by atoms with E-state index in [2.05, 4.69) is 5.32 Å². The molecule has 0 unspecified atom stereocenters. The highest BCUT2D eigenvalue weighted by Crippen LogP contribution is 2.48. The average Bonchev–Trinajstić information content (AvgIpc) is 2.66. The second-order valence-electron chi connectivity index (χ2n) is 3.98. The van der Waals surface area contributed by atoms with Gasteiger partial charge in [0.1, 0.15) is 0 Å². The third-order valence-electron chi connectivity index (χ3n) is 2.26. The van der Waals surface area contributed by atoms with Gasteiger partial charge in [-0.2, -0.15) is 0 Å². The van der Waals surface area contributed by atoms with Crippen LogP contribution in [0.5, 0.6) is 0 Å². The Bertz CT molecular complexity index is 231. The molecule has 0 spiro atoms. The Morgan fingerprint density at radius 2 is 2.00 bits per heavy atom. The molecule has 1 rings (SSSR count). The zero-order chi connectivity index (χ0) is 10.1. The van der Waals surface area contributed by atoms with Crippen LogP contribution in [0.3, 0.4) is 0 Å². The van der Waals surface area contributed by atoms with Gasteiger partial charge in [-0.05, 0) is 26.7 Å². The Morgan fingerprint density at radius 3 is 2.31 bits per heavy atom. The van der Waals surface area contributed by atoms with E-state index in [0.717, 1.165) is 0 Å². The van der Waals surface area contributed by atoms with Crippen LogP contribution >= 0.6 is 0 Å². The summed E-state index contributed by atoms with van der Waals surface area (Å²) in [6, 6.07) is 0.0806.